The standard InChI is InChI=1S/C20H21N3O4/c1-26-10-9-22-19(24)13-23-16-12-15(21)7-8-17(16)27-18(20(23)25)11-14-5-3-2-4-6-14/h2-8,11-12H,9-10,13,21H2,1H3,(H,22,24)/b18-11+. The number of rotatable bonds is 6. The van der Waals surface area contributed by atoms with Gasteiger partial charge in [-0.1, -0.05) is 30.3 Å². The summed E-state index contributed by atoms with van der Waals surface area (Å²) in [6.45, 7) is 0.615. The second kappa shape index (κ2) is 8.37. The average Bonchev–Trinajstić information content (AvgIpc) is 2.66. The maximum Gasteiger partial charge on any atom is 0.294 e. The number of nitrogens with zero attached hydrogens (tertiary/aromatic N) is 1. The summed E-state index contributed by atoms with van der Waals surface area (Å²) >= 11 is 0. The van der Waals surface area contributed by atoms with Crippen LogP contribution >= 0.6 is 0 Å². The monoisotopic (exact) mass is 367 g/mol. The van der Waals surface area contributed by atoms with Gasteiger partial charge in [0.05, 0.1) is 12.3 Å². The molecule has 7 heteroatoms. The molecular weight excluding hydrogens is 346 g/mol. The molecule has 1 aliphatic rings. The molecule has 0 unspecified atom stereocenters. The van der Waals surface area contributed by atoms with Crippen molar-refractivity contribution >= 4 is 29.3 Å². The van der Waals surface area contributed by atoms with Gasteiger partial charge in [-0.05, 0) is 29.8 Å². The quantitative estimate of drug-likeness (QED) is 0.461. The van der Waals surface area contributed by atoms with Gasteiger partial charge in [-0.15, -0.1) is 0 Å². The zero-order valence-electron chi connectivity index (χ0n) is 15.0. The van der Waals surface area contributed by atoms with E-state index in [4.69, 9.17) is 15.2 Å². The Balaban J connectivity index is 1.90. The van der Waals surface area contributed by atoms with Gasteiger partial charge >= 0.3 is 0 Å². The maximum absolute atomic E-state index is 13.0. The zero-order chi connectivity index (χ0) is 19.2. The number of nitrogens with one attached hydrogen (secondary N) is 1. The maximum atomic E-state index is 13.0. The van der Waals surface area contributed by atoms with Gasteiger partial charge in [-0.2, -0.15) is 0 Å². The summed E-state index contributed by atoms with van der Waals surface area (Å²) < 4.78 is 10.7. The normalized spacial score (nSPS) is 14.6. The summed E-state index contributed by atoms with van der Waals surface area (Å²) in [4.78, 5) is 26.6. The number of nitrogen functional groups attached to an aromatic ring is 1. The Morgan fingerprint density at radius 3 is 2.78 bits per heavy atom. The number of fused-ring (bicyclic) bond motifs is 1. The highest BCUT2D eigenvalue weighted by molar-refractivity contribution is 6.12. The van der Waals surface area contributed by atoms with Gasteiger partial charge in [0.15, 0.2) is 11.5 Å². The molecule has 3 rings (SSSR count). The van der Waals surface area contributed by atoms with Crippen LogP contribution in [0, 0.1) is 0 Å². The Kier molecular flexibility index (Phi) is 5.73. The number of amides is 2. The van der Waals surface area contributed by atoms with Crippen LogP contribution in [-0.4, -0.2) is 38.6 Å². The summed E-state index contributed by atoms with van der Waals surface area (Å²) in [7, 11) is 1.55. The molecule has 0 spiro atoms. The highest BCUT2D eigenvalue weighted by atomic mass is 16.5. The highest BCUT2D eigenvalue weighted by Crippen LogP contribution is 2.37. The molecule has 0 atom stereocenters. The minimum Gasteiger partial charge on any atom is -0.449 e. The molecule has 2 aromatic carbocycles. The largest absolute Gasteiger partial charge is 0.449 e. The number of hydrogen-bond donors (Lipinski definition) is 2. The van der Waals surface area contributed by atoms with Gasteiger partial charge in [0, 0.05) is 19.3 Å². The molecule has 1 heterocycles. The van der Waals surface area contributed by atoms with Gasteiger partial charge in [0.1, 0.15) is 6.54 Å². The lowest BCUT2D eigenvalue weighted by atomic mass is 10.1. The van der Waals surface area contributed by atoms with E-state index >= 15 is 0 Å². The van der Waals surface area contributed by atoms with Crippen molar-refractivity contribution in [2.45, 2.75) is 0 Å². The smallest absolute Gasteiger partial charge is 0.294 e. The van der Waals surface area contributed by atoms with Crippen molar-refractivity contribution in [1.29, 1.82) is 0 Å². The Labute approximate surface area is 157 Å². The molecule has 0 saturated carbocycles. The van der Waals surface area contributed by atoms with E-state index in [1.165, 1.54) is 4.90 Å². The number of carbonyl (C=O) groups excluding carboxylic acids is 2. The first kappa shape index (κ1) is 18.5. The SMILES string of the molecule is COCCNC(=O)CN1C(=O)/C(=C\c2ccccc2)Oc2ccc(N)cc21. The molecule has 27 heavy (non-hydrogen) atoms. The number of anilines is 2. The molecule has 2 amide bonds. The minimum atomic E-state index is -0.404. The van der Waals surface area contributed by atoms with Crippen molar-refractivity contribution in [1.82, 2.24) is 5.32 Å². The van der Waals surface area contributed by atoms with Crippen molar-refractivity contribution in [2.24, 2.45) is 0 Å². The number of nitrogens with two attached hydrogens (primary N) is 1. The van der Waals surface area contributed by atoms with E-state index < -0.39 is 5.91 Å². The number of hydrogen-bond acceptors (Lipinski definition) is 5. The van der Waals surface area contributed by atoms with E-state index in [0.29, 0.717) is 30.3 Å². The first-order chi connectivity index (χ1) is 13.1. The molecule has 0 saturated heterocycles. The fourth-order valence-corrected chi connectivity index (χ4v) is 2.68. The predicted octanol–water partition coefficient (Wildman–Crippen LogP) is 1.80. The summed E-state index contributed by atoms with van der Waals surface area (Å²) in [6, 6.07) is 14.4. The van der Waals surface area contributed by atoms with Crippen molar-refractivity contribution in [3.63, 3.8) is 0 Å². The van der Waals surface area contributed by atoms with Crippen LogP contribution in [0.4, 0.5) is 11.4 Å². The summed E-state index contributed by atoms with van der Waals surface area (Å²) in [6.07, 6.45) is 1.65. The second-order valence-corrected chi connectivity index (χ2v) is 5.98. The molecule has 3 N–H and O–H groups in total. The minimum absolute atomic E-state index is 0.142. The molecule has 1 aliphatic heterocycles. The molecule has 140 valence electrons. The number of carbonyl (C=O) groups is 2. The highest BCUT2D eigenvalue weighted by Gasteiger charge is 2.31. The van der Waals surface area contributed by atoms with E-state index in [0.717, 1.165) is 5.56 Å². The first-order valence-electron chi connectivity index (χ1n) is 8.50. The van der Waals surface area contributed by atoms with Gasteiger partial charge < -0.3 is 20.5 Å². The third kappa shape index (κ3) is 4.45. The fourth-order valence-electron chi connectivity index (χ4n) is 2.68. The lowest BCUT2D eigenvalue weighted by Gasteiger charge is -2.30. The molecular formula is C20H21N3O4. The van der Waals surface area contributed by atoms with E-state index in [1.807, 2.05) is 30.3 Å². The lowest BCUT2D eigenvalue weighted by molar-refractivity contribution is -0.123. The Morgan fingerprint density at radius 1 is 1.26 bits per heavy atom. The van der Waals surface area contributed by atoms with E-state index in [1.54, 1.807) is 31.4 Å². The van der Waals surface area contributed by atoms with E-state index in [2.05, 4.69) is 5.32 Å². The third-order valence-electron chi connectivity index (χ3n) is 3.98. The molecule has 7 nitrogen and oxygen atoms in total. The summed E-state index contributed by atoms with van der Waals surface area (Å²) in [5, 5.41) is 2.71. The molecule has 0 fully saturated rings. The van der Waals surface area contributed by atoms with Gasteiger partial charge in [0.2, 0.25) is 5.91 Å². The van der Waals surface area contributed by atoms with E-state index in [-0.39, 0.29) is 18.2 Å². The van der Waals surface area contributed by atoms with Crippen LogP contribution in [0.15, 0.2) is 54.3 Å². The van der Waals surface area contributed by atoms with Crippen LogP contribution < -0.4 is 20.7 Å². The zero-order valence-corrected chi connectivity index (χ0v) is 15.0. The van der Waals surface area contributed by atoms with Crippen molar-refractivity contribution in [3.05, 3.63) is 59.9 Å². The van der Waals surface area contributed by atoms with Gasteiger partial charge in [-0.25, -0.2) is 0 Å². The van der Waals surface area contributed by atoms with Crippen LogP contribution in [-0.2, 0) is 14.3 Å². The second-order valence-electron chi connectivity index (χ2n) is 5.98. The Bertz CT molecular complexity index is 865. The van der Waals surface area contributed by atoms with Crippen molar-refractivity contribution < 1.29 is 19.1 Å². The third-order valence-corrected chi connectivity index (χ3v) is 3.98. The van der Waals surface area contributed by atoms with Crippen LogP contribution in [0.25, 0.3) is 6.08 Å². The van der Waals surface area contributed by atoms with Gasteiger partial charge in [-0.3, -0.25) is 14.5 Å². The van der Waals surface area contributed by atoms with Crippen molar-refractivity contribution in [3.8, 4) is 5.75 Å². The van der Waals surface area contributed by atoms with Gasteiger partial charge in [0.25, 0.3) is 5.91 Å². The van der Waals surface area contributed by atoms with Crippen LogP contribution in [0.2, 0.25) is 0 Å². The molecule has 0 radical (unpaired) electrons. The molecule has 0 bridgehead atoms. The number of benzene rings is 2. The van der Waals surface area contributed by atoms with Crippen LogP contribution in [0.1, 0.15) is 5.56 Å². The summed E-state index contributed by atoms with van der Waals surface area (Å²) in [5.41, 5.74) is 7.62. The lowest BCUT2D eigenvalue weighted by Crippen LogP contribution is -2.44. The fraction of sp³-hybridized carbons (Fsp3) is 0.200. The molecule has 0 aromatic heterocycles. The molecule has 2 aromatic rings. The Morgan fingerprint density at radius 2 is 2.04 bits per heavy atom. The first-order valence-corrected chi connectivity index (χ1v) is 8.50. The van der Waals surface area contributed by atoms with Crippen molar-refractivity contribution in [2.75, 3.05) is 37.4 Å². The summed E-state index contributed by atoms with van der Waals surface area (Å²) in [5.74, 6) is -0.0904. The molecule has 0 aliphatic carbocycles. The number of methoxy groups -OCH3 is 1. The van der Waals surface area contributed by atoms with Crippen LogP contribution in [0.5, 0.6) is 5.75 Å². The predicted molar refractivity (Wildman–Crippen MR) is 103 cm³/mol. The van der Waals surface area contributed by atoms with Crippen LogP contribution in [0.3, 0.4) is 0 Å². The topological polar surface area (TPSA) is 93.9 Å². The van der Waals surface area contributed by atoms with E-state index in [9.17, 15) is 9.59 Å². The average molecular weight is 367 g/mol. The number of ether oxygens (including phenoxy) is 2. The Hall–Kier alpha value is -3.32.